The molecule has 0 radical (unpaired) electrons. The topological polar surface area (TPSA) is 114 Å². The zero-order valence-corrected chi connectivity index (χ0v) is 26.4. The summed E-state index contributed by atoms with van der Waals surface area (Å²) in [4.78, 5) is 49.9. The lowest BCUT2D eigenvalue weighted by atomic mass is 9.89. The molecule has 0 unspecified atom stereocenters. The molecule has 0 bridgehead atoms. The molecule has 240 valence electrons. The molecule has 9 nitrogen and oxygen atoms in total. The molecule has 3 aromatic rings. The van der Waals surface area contributed by atoms with Crippen molar-refractivity contribution in [2.75, 3.05) is 6.61 Å². The maximum atomic E-state index is 13.0. The summed E-state index contributed by atoms with van der Waals surface area (Å²) < 4.78 is 54.0. The van der Waals surface area contributed by atoms with Crippen LogP contribution in [0.4, 0.5) is 8.78 Å². The van der Waals surface area contributed by atoms with Crippen LogP contribution in [-0.2, 0) is 49.3 Å². The molecule has 13 heteroatoms. The van der Waals surface area contributed by atoms with Gasteiger partial charge in [0.05, 0.1) is 0 Å². The second kappa shape index (κ2) is 14.9. The van der Waals surface area contributed by atoms with Gasteiger partial charge in [-0.25, -0.2) is 8.78 Å². The van der Waals surface area contributed by atoms with Gasteiger partial charge in [0.25, 0.3) is 6.43 Å². The second-order valence-electron chi connectivity index (χ2n) is 10.3. The fraction of sp³-hybridized carbons (Fsp3) is 0.375. The van der Waals surface area contributed by atoms with Crippen molar-refractivity contribution in [3.05, 3.63) is 81.2 Å². The lowest BCUT2D eigenvalue weighted by molar-refractivity contribution is -0.254. The van der Waals surface area contributed by atoms with Gasteiger partial charge in [-0.15, -0.1) is 11.3 Å². The van der Waals surface area contributed by atoms with E-state index in [9.17, 15) is 28.0 Å². The first-order chi connectivity index (χ1) is 21.3. The monoisotopic (exact) mass is 664 g/mol. The minimum absolute atomic E-state index is 0.0543. The first kappa shape index (κ1) is 34.0. The van der Waals surface area contributed by atoms with Gasteiger partial charge in [-0.05, 0) is 34.9 Å². The average molecular weight is 665 g/mol. The van der Waals surface area contributed by atoms with Crippen LogP contribution < -0.4 is 0 Å². The van der Waals surface area contributed by atoms with Gasteiger partial charge in [0, 0.05) is 54.5 Å². The number of halogens is 3. The van der Waals surface area contributed by atoms with Crippen LogP contribution in [0.1, 0.15) is 61.8 Å². The Hall–Kier alpha value is -3.87. The van der Waals surface area contributed by atoms with Gasteiger partial charge in [-0.3, -0.25) is 19.2 Å². The molecule has 2 aromatic carbocycles. The molecule has 2 heterocycles. The van der Waals surface area contributed by atoms with Crippen molar-refractivity contribution in [3.8, 4) is 10.4 Å². The van der Waals surface area contributed by atoms with E-state index in [4.69, 9.17) is 35.3 Å². The van der Waals surface area contributed by atoms with E-state index in [1.54, 1.807) is 30.3 Å². The molecule has 0 N–H and O–H groups in total. The van der Waals surface area contributed by atoms with Gasteiger partial charge in [0.15, 0.2) is 18.3 Å². The fourth-order valence-corrected chi connectivity index (χ4v) is 6.23. The second-order valence-corrected chi connectivity index (χ2v) is 11.9. The number of ether oxygens (including phenoxy) is 5. The molecule has 4 rings (SSSR count). The Labute approximate surface area is 267 Å². The summed E-state index contributed by atoms with van der Waals surface area (Å²) >= 11 is 8.07. The average Bonchev–Trinajstić information content (AvgIpc) is 3.43. The van der Waals surface area contributed by atoms with E-state index in [0.29, 0.717) is 22.6 Å². The van der Waals surface area contributed by atoms with E-state index < -0.39 is 60.8 Å². The van der Waals surface area contributed by atoms with Gasteiger partial charge < -0.3 is 23.7 Å². The lowest BCUT2D eigenvalue weighted by Gasteiger charge is -2.44. The number of hydrogen-bond donors (Lipinski definition) is 0. The summed E-state index contributed by atoms with van der Waals surface area (Å²) in [6.07, 6.45) is -8.10. The summed E-state index contributed by atoms with van der Waals surface area (Å²) in [5, 5.41) is 0.445. The molecular weight excluding hydrogens is 634 g/mol. The van der Waals surface area contributed by atoms with Crippen LogP contribution in [0.25, 0.3) is 10.4 Å². The van der Waals surface area contributed by atoms with Gasteiger partial charge in [-0.2, -0.15) is 0 Å². The molecule has 0 amide bonds. The third kappa shape index (κ3) is 8.86. The van der Waals surface area contributed by atoms with Crippen molar-refractivity contribution in [1.82, 2.24) is 0 Å². The minimum Gasteiger partial charge on any atom is -0.463 e. The fourth-order valence-electron chi connectivity index (χ4n) is 5.01. The Bertz CT molecular complexity index is 1540. The molecule has 1 aliphatic rings. The molecule has 1 fully saturated rings. The van der Waals surface area contributed by atoms with Crippen molar-refractivity contribution in [2.45, 2.75) is 71.1 Å². The van der Waals surface area contributed by atoms with Crippen LogP contribution in [0.15, 0.2) is 54.6 Å². The van der Waals surface area contributed by atoms with Crippen molar-refractivity contribution in [1.29, 1.82) is 0 Å². The summed E-state index contributed by atoms with van der Waals surface area (Å²) in [5.41, 5.74) is 1.95. The number of alkyl halides is 2. The third-order valence-corrected chi connectivity index (χ3v) is 8.37. The van der Waals surface area contributed by atoms with Crippen LogP contribution in [0, 0.1) is 0 Å². The van der Waals surface area contributed by atoms with Crippen molar-refractivity contribution in [3.63, 3.8) is 0 Å². The van der Waals surface area contributed by atoms with Gasteiger partial charge >= 0.3 is 23.9 Å². The summed E-state index contributed by atoms with van der Waals surface area (Å²) in [6, 6.07) is 15.0. The molecule has 5 atom stereocenters. The molecule has 45 heavy (non-hydrogen) atoms. The maximum absolute atomic E-state index is 13.0. The van der Waals surface area contributed by atoms with Crippen molar-refractivity contribution in [2.24, 2.45) is 0 Å². The summed E-state index contributed by atoms with van der Waals surface area (Å²) in [7, 11) is 0. The van der Waals surface area contributed by atoms with Crippen LogP contribution in [0.2, 0.25) is 5.02 Å². The first-order valence-electron chi connectivity index (χ1n) is 13.9. The van der Waals surface area contributed by atoms with Crippen molar-refractivity contribution >= 4 is 46.8 Å². The number of carbonyl (C=O) groups excluding carboxylic acids is 4. The molecule has 0 spiro atoms. The normalized spacial score (nSPS) is 21.2. The van der Waals surface area contributed by atoms with Crippen molar-refractivity contribution < 1.29 is 51.6 Å². The molecule has 1 aliphatic heterocycles. The Morgan fingerprint density at radius 3 is 2.04 bits per heavy atom. The van der Waals surface area contributed by atoms with Crippen LogP contribution in [-0.4, -0.2) is 54.9 Å². The van der Waals surface area contributed by atoms with Gasteiger partial charge in [0.2, 0.25) is 0 Å². The van der Waals surface area contributed by atoms with E-state index in [1.165, 1.54) is 37.3 Å². The summed E-state index contributed by atoms with van der Waals surface area (Å²) in [6.45, 7) is 4.35. The highest BCUT2D eigenvalue weighted by molar-refractivity contribution is 7.15. The van der Waals surface area contributed by atoms with Crippen LogP contribution in [0.5, 0.6) is 0 Å². The van der Waals surface area contributed by atoms with Crippen LogP contribution >= 0.6 is 22.9 Å². The smallest absolute Gasteiger partial charge is 0.303 e. The number of hydrogen-bond acceptors (Lipinski definition) is 10. The van der Waals surface area contributed by atoms with E-state index in [0.717, 1.165) is 29.2 Å². The zero-order valence-electron chi connectivity index (χ0n) is 24.8. The Morgan fingerprint density at radius 2 is 1.44 bits per heavy atom. The summed E-state index contributed by atoms with van der Waals surface area (Å²) in [5.74, 6) is -2.76. The molecule has 0 saturated carbocycles. The Kier molecular flexibility index (Phi) is 11.3. The highest BCUT2D eigenvalue weighted by Crippen LogP contribution is 2.39. The van der Waals surface area contributed by atoms with E-state index in [1.807, 2.05) is 12.1 Å². The maximum Gasteiger partial charge on any atom is 0.303 e. The minimum atomic E-state index is -2.55. The number of rotatable bonds is 10. The van der Waals surface area contributed by atoms with Crippen LogP contribution in [0.3, 0.4) is 0 Å². The third-order valence-electron chi connectivity index (χ3n) is 6.86. The predicted octanol–water partition coefficient (Wildman–Crippen LogP) is 6.40. The molecular formula is C32H31ClF2O9S. The van der Waals surface area contributed by atoms with Gasteiger partial charge in [-0.1, -0.05) is 48.0 Å². The standard InChI is InChI=1S/C32H31ClF2O9S/c1-16(36)40-15-26-29(41-17(2)37)31(43-19(4)39)30(42-18(3)38)28(44-26)22-9-11-25(33)23(13-22)14-24-10-12-27(45-24)20-5-7-21(8-6-20)32(34)35/h5-13,26,28-32H,14-15H2,1-4H3/t26-,28+,29-,30+,31+/m1/s1. The lowest BCUT2D eigenvalue weighted by Crippen LogP contribution is -2.59. The number of carbonyl (C=O) groups is 4. The number of thiophene rings is 1. The zero-order chi connectivity index (χ0) is 32.8. The first-order valence-corrected chi connectivity index (χ1v) is 15.1. The Morgan fingerprint density at radius 1 is 0.822 bits per heavy atom. The number of esters is 4. The molecule has 1 saturated heterocycles. The van der Waals surface area contributed by atoms with E-state index in [-0.39, 0.29) is 12.2 Å². The largest absolute Gasteiger partial charge is 0.463 e. The molecule has 0 aliphatic carbocycles. The molecule has 1 aromatic heterocycles. The van der Waals surface area contributed by atoms with Gasteiger partial charge in [0.1, 0.15) is 18.8 Å². The Balaban J connectivity index is 1.68. The highest BCUT2D eigenvalue weighted by atomic mass is 35.5. The predicted molar refractivity (Wildman–Crippen MR) is 160 cm³/mol. The van der Waals surface area contributed by atoms with E-state index in [2.05, 4.69) is 0 Å². The number of benzene rings is 2. The highest BCUT2D eigenvalue weighted by Gasteiger charge is 2.52. The van der Waals surface area contributed by atoms with E-state index >= 15 is 0 Å². The SMILES string of the molecule is CC(=O)OC[C@H]1O[C@@H](c2ccc(Cl)c(Cc3ccc(-c4ccc(C(F)F)cc4)s3)c2)[C@H](OC(C)=O)[C@@H](OC(C)=O)[C@@H]1OC(C)=O. The quantitative estimate of drug-likeness (QED) is 0.180.